The Morgan fingerprint density at radius 1 is 1.11 bits per heavy atom. The number of esters is 4. The highest BCUT2D eigenvalue weighted by molar-refractivity contribution is 5.86. The summed E-state index contributed by atoms with van der Waals surface area (Å²) in [6, 6.07) is 3.65. The second kappa shape index (κ2) is 12.8. The molecule has 0 saturated carbocycles. The van der Waals surface area contributed by atoms with Crippen LogP contribution in [0.25, 0.3) is 0 Å². The van der Waals surface area contributed by atoms with Crippen molar-refractivity contribution in [2.75, 3.05) is 33.9 Å². The number of hydrogen-bond acceptors (Lipinski definition) is 12. The van der Waals surface area contributed by atoms with Gasteiger partial charge in [-0.3, -0.25) is 14.4 Å². The van der Waals surface area contributed by atoms with Gasteiger partial charge in [-0.05, 0) is 57.5 Å². The standard InChI is InChI=1S/C32H41NO11/c1-5-7-16-41-24(34)10-11-25(35)42-22(18-26(36)40-6-2)30(37)43-21-12-13-32(38)23-17-19-8-9-20(39-4)28-27(19)31(32,29(21)44-28)14-15-33(23)3/h8-9,12,22-23,29,38H,5-7,10-11,13-18H2,1-4H3/t22-,23-,29+,31+,32-/m0/s1. The van der Waals surface area contributed by atoms with Crippen molar-refractivity contribution in [1.82, 2.24) is 4.90 Å². The van der Waals surface area contributed by atoms with E-state index in [0.29, 0.717) is 37.3 Å². The molecule has 0 amide bonds. The molecule has 2 bridgehead atoms. The molecule has 5 rings (SSSR count). The number of aliphatic hydroxyl groups is 1. The van der Waals surface area contributed by atoms with Crippen LogP contribution in [0, 0.1) is 0 Å². The van der Waals surface area contributed by atoms with Crippen LogP contribution in [0.3, 0.4) is 0 Å². The maximum Gasteiger partial charge on any atom is 0.353 e. The van der Waals surface area contributed by atoms with Crippen LogP contribution in [-0.2, 0) is 50.0 Å². The highest BCUT2D eigenvalue weighted by atomic mass is 16.6. The molecule has 2 aliphatic carbocycles. The van der Waals surface area contributed by atoms with Gasteiger partial charge in [0.1, 0.15) is 5.76 Å². The van der Waals surface area contributed by atoms with Gasteiger partial charge in [-0.25, -0.2) is 4.79 Å². The van der Waals surface area contributed by atoms with Crippen LogP contribution in [0.2, 0.25) is 0 Å². The molecule has 0 radical (unpaired) electrons. The molecule has 2 heterocycles. The fraction of sp³-hybridized carbons (Fsp3) is 0.625. The number of likely N-dealkylation sites (N-methyl/N-ethyl adjacent to an activating group) is 1. The van der Waals surface area contributed by atoms with Crippen molar-refractivity contribution in [2.24, 2.45) is 0 Å². The largest absolute Gasteiger partial charge is 0.493 e. The van der Waals surface area contributed by atoms with Crippen molar-refractivity contribution in [1.29, 1.82) is 0 Å². The topological polar surface area (TPSA) is 147 Å². The van der Waals surface area contributed by atoms with E-state index in [1.807, 2.05) is 26.1 Å². The Labute approximate surface area is 256 Å². The number of hydrogen-bond donors (Lipinski definition) is 1. The SMILES string of the molecule is CCCCOC(=O)CCC(=O)O[C@@H](CC(=O)OCC)C(=O)OC1=CC[C@]2(O)[C@@H]3Cc4ccc(OC)c5c4[C@]2(CCN3C)[C@@H]1O5. The number of carbonyl (C=O) groups is 4. The maximum absolute atomic E-state index is 13.6. The number of carbonyl (C=O) groups excluding carboxylic acids is 4. The van der Waals surface area contributed by atoms with Crippen molar-refractivity contribution in [3.05, 3.63) is 35.1 Å². The number of unbranched alkanes of at least 4 members (excludes halogenated alkanes) is 1. The van der Waals surface area contributed by atoms with Crippen LogP contribution < -0.4 is 9.47 Å². The molecule has 1 saturated heterocycles. The molecular formula is C32H41NO11. The lowest BCUT2D eigenvalue weighted by Gasteiger charge is -2.61. The monoisotopic (exact) mass is 615 g/mol. The van der Waals surface area contributed by atoms with Gasteiger partial charge in [0.2, 0.25) is 6.10 Å². The molecule has 1 fully saturated rings. The van der Waals surface area contributed by atoms with Gasteiger partial charge in [0, 0.05) is 18.0 Å². The van der Waals surface area contributed by atoms with Gasteiger partial charge >= 0.3 is 23.9 Å². The summed E-state index contributed by atoms with van der Waals surface area (Å²) in [4.78, 5) is 52.7. The lowest BCUT2D eigenvalue weighted by Crippen LogP contribution is -2.74. The second-order valence-corrected chi connectivity index (χ2v) is 11.8. The van der Waals surface area contributed by atoms with Crippen LogP contribution in [-0.4, -0.2) is 91.7 Å². The number of nitrogens with zero attached hydrogens (tertiary/aromatic N) is 1. The Bertz CT molecular complexity index is 1340. The average Bonchev–Trinajstić information content (AvgIpc) is 3.35. The first-order chi connectivity index (χ1) is 21.1. The zero-order chi connectivity index (χ0) is 31.6. The van der Waals surface area contributed by atoms with Crippen LogP contribution in [0.15, 0.2) is 24.0 Å². The summed E-state index contributed by atoms with van der Waals surface area (Å²) in [5.41, 5.74) is -0.194. The lowest BCUT2D eigenvalue weighted by molar-refractivity contribution is -0.178. The number of ether oxygens (including phenoxy) is 6. The number of benzene rings is 1. The maximum atomic E-state index is 13.6. The average molecular weight is 616 g/mol. The van der Waals surface area contributed by atoms with Crippen molar-refractivity contribution < 1.29 is 52.7 Å². The summed E-state index contributed by atoms with van der Waals surface area (Å²) >= 11 is 0. The fourth-order valence-corrected chi connectivity index (χ4v) is 7.14. The molecule has 1 aromatic carbocycles. The van der Waals surface area contributed by atoms with E-state index in [1.165, 1.54) is 0 Å². The van der Waals surface area contributed by atoms with Gasteiger partial charge in [0.15, 0.2) is 17.6 Å². The Balaban J connectivity index is 1.38. The number of methoxy groups -OCH3 is 1. The molecule has 1 spiro atoms. The fourth-order valence-electron chi connectivity index (χ4n) is 7.14. The minimum atomic E-state index is -1.62. The predicted molar refractivity (Wildman–Crippen MR) is 154 cm³/mol. The predicted octanol–water partition coefficient (Wildman–Crippen LogP) is 2.50. The lowest BCUT2D eigenvalue weighted by atomic mass is 9.50. The van der Waals surface area contributed by atoms with Crippen LogP contribution >= 0.6 is 0 Å². The summed E-state index contributed by atoms with van der Waals surface area (Å²) in [5.74, 6) is -1.97. The molecule has 44 heavy (non-hydrogen) atoms. The zero-order valence-corrected chi connectivity index (χ0v) is 25.7. The molecule has 240 valence electrons. The Hall–Kier alpha value is -3.64. The minimum absolute atomic E-state index is 0.0678. The first-order valence-corrected chi connectivity index (χ1v) is 15.3. The van der Waals surface area contributed by atoms with Gasteiger partial charge in [0.05, 0.1) is 50.6 Å². The third kappa shape index (κ3) is 5.42. The van der Waals surface area contributed by atoms with E-state index in [-0.39, 0.29) is 44.3 Å². The number of piperidine rings is 1. The Morgan fingerprint density at radius 3 is 2.61 bits per heavy atom. The first-order valence-electron chi connectivity index (χ1n) is 15.3. The Kier molecular flexibility index (Phi) is 9.22. The van der Waals surface area contributed by atoms with E-state index in [1.54, 1.807) is 20.1 Å². The smallest absolute Gasteiger partial charge is 0.353 e. The summed E-state index contributed by atoms with van der Waals surface area (Å²) in [6.07, 6.45) is 0.952. The molecule has 0 unspecified atom stereocenters. The third-order valence-corrected chi connectivity index (χ3v) is 9.26. The molecule has 1 aromatic rings. The normalized spacial score (nSPS) is 26.8. The van der Waals surface area contributed by atoms with Crippen LogP contribution in [0.1, 0.15) is 69.9 Å². The van der Waals surface area contributed by atoms with Gasteiger partial charge in [-0.15, -0.1) is 0 Å². The molecule has 2 aliphatic heterocycles. The van der Waals surface area contributed by atoms with Crippen LogP contribution in [0.4, 0.5) is 0 Å². The third-order valence-electron chi connectivity index (χ3n) is 9.26. The van der Waals surface area contributed by atoms with E-state index in [2.05, 4.69) is 4.90 Å². The van der Waals surface area contributed by atoms with Crippen molar-refractivity contribution in [2.45, 2.75) is 94.5 Å². The van der Waals surface area contributed by atoms with E-state index >= 15 is 0 Å². The van der Waals surface area contributed by atoms with E-state index in [9.17, 15) is 24.3 Å². The quantitative estimate of drug-likeness (QED) is 0.198. The Morgan fingerprint density at radius 2 is 1.89 bits per heavy atom. The van der Waals surface area contributed by atoms with E-state index < -0.39 is 53.5 Å². The highest BCUT2D eigenvalue weighted by Gasteiger charge is 2.72. The zero-order valence-electron chi connectivity index (χ0n) is 25.7. The van der Waals surface area contributed by atoms with Gasteiger partial charge < -0.3 is 38.4 Å². The van der Waals surface area contributed by atoms with Crippen LogP contribution in [0.5, 0.6) is 11.5 Å². The molecule has 1 N–H and O–H groups in total. The molecule has 5 atom stereocenters. The number of rotatable bonds is 13. The van der Waals surface area contributed by atoms with Gasteiger partial charge in [0.25, 0.3) is 0 Å². The number of likely N-dealkylation sites (tertiary alicyclic amines) is 1. The summed E-state index contributed by atoms with van der Waals surface area (Å²) < 4.78 is 33.4. The van der Waals surface area contributed by atoms with E-state index in [0.717, 1.165) is 17.5 Å². The molecular weight excluding hydrogens is 574 g/mol. The first kappa shape index (κ1) is 31.8. The molecule has 0 aromatic heterocycles. The minimum Gasteiger partial charge on any atom is -0.493 e. The molecule has 4 aliphatic rings. The van der Waals surface area contributed by atoms with Crippen molar-refractivity contribution >= 4 is 23.9 Å². The highest BCUT2D eigenvalue weighted by Crippen LogP contribution is 2.65. The van der Waals surface area contributed by atoms with E-state index in [4.69, 9.17) is 28.4 Å². The summed E-state index contributed by atoms with van der Waals surface area (Å²) in [6.45, 7) is 4.59. The molecule has 12 heteroatoms. The molecule has 12 nitrogen and oxygen atoms in total. The summed E-state index contributed by atoms with van der Waals surface area (Å²) in [5, 5.41) is 12.4. The van der Waals surface area contributed by atoms with Crippen molar-refractivity contribution in [3.63, 3.8) is 0 Å². The summed E-state index contributed by atoms with van der Waals surface area (Å²) in [7, 11) is 3.54. The van der Waals surface area contributed by atoms with Crippen molar-refractivity contribution in [3.8, 4) is 11.5 Å². The van der Waals surface area contributed by atoms with Gasteiger partial charge in [-0.1, -0.05) is 19.4 Å². The van der Waals surface area contributed by atoms with Gasteiger partial charge in [-0.2, -0.15) is 0 Å². The second-order valence-electron chi connectivity index (χ2n) is 11.8.